The van der Waals surface area contributed by atoms with Gasteiger partial charge in [-0.1, -0.05) is 6.07 Å². The van der Waals surface area contributed by atoms with Gasteiger partial charge < -0.3 is 14.8 Å². The van der Waals surface area contributed by atoms with E-state index in [2.05, 4.69) is 5.32 Å². The van der Waals surface area contributed by atoms with Gasteiger partial charge in [0.1, 0.15) is 0 Å². The summed E-state index contributed by atoms with van der Waals surface area (Å²) in [6.07, 6.45) is 2.40. The number of halogens is 1. The summed E-state index contributed by atoms with van der Waals surface area (Å²) < 4.78 is 2.47. The van der Waals surface area contributed by atoms with Gasteiger partial charge in [0.2, 0.25) is 5.91 Å². The van der Waals surface area contributed by atoms with Crippen LogP contribution in [0.1, 0.15) is 29.7 Å². The van der Waals surface area contributed by atoms with Crippen molar-refractivity contribution in [2.24, 2.45) is 14.1 Å². The average Bonchev–Trinajstić information content (AvgIpc) is 3.34. The smallest absolute Gasteiger partial charge is 0.330 e. The van der Waals surface area contributed by atoms with Crippen LogP contribution in [0.3, 0.4) is 0 Å². The Labute approximate surface area is 168 Å². The van der Waals surface area contributed by atoms with Crippen LogP contribution in [0, 0.1) is 0 Å². The summed E-state index contributed by atoms with van der Waals surface area (Å²) in [4.78, 5) is 40.4. The second-order valence-corrected chi connectivity index (χ2v) is 7.74. The number of thiophene rings is 1. The van der Waals surface area contributed by atoms with E-state index >= 15 is 0 Å². The van der Waals surface area contributed by atoms with Gasteiger partial charge in [0.25, 0.3) is 5.56 Å². The summed E-state index contributed by atoms with van der Waals surface area (Å²) in [6.45, 7) is 3.69. The molecule has 27 heavy (non-hydrogen) atoms. The third-order valence-electron chi connectivity index (χ3n) is 4.96. The highest BCUT2D eigenvalue weighted by molar-refractivity contribution is 7.10. The Morgan fingerprint density at radius 2 is 2.15 bits per heavy atom. The number of hydrogen-bond acceptors (Lipinski definition) is 5. The van der Waals surface area contributed by atoms with E-state index < -0.39 is 0 Å². The molecule has 9 heteroatoms. The predicted molar refractivity (Wildman–Crippen MR) is 109 cm³/mol. The second kappa shape index (κ2) is 8.86. The molecule has 2 aromatic rings. The molecule has 1 N–H and O–H groups in total. The number of hydrogen-bond donors (Lipinski definition) is 1. The first-order valence-electron chi connectivity index (χ1n) is 8.70. The van der Waals surface area contributed by atoms with Crippen LogP contribution in [0.15, 0.2) is 33.3 Å². The maximum atomic E-state index is 13.2. The molecule has 1 fully saturated rings. The number of aromatic nitrogens is 2. The van der Waals surface area contributed by atoms with Gasteiger partial charge >= 0.3 is 5.69 Å². The van der Waals surface area contributed by atoms with Crippen LogP contribution in [-0.4, -0.2) is 39.1 Å². The highest BCUT2D eigenvalue weighted by atomic mass is 35.5. The van der Waals surface area contributed by atoms with E-state index in [1.165, 1.54) is 11.6 Å². The van der Waals surface area contributed by atoms with Gasteiger partial charge in [-0.05, 0) is 31.3 Å². The van der Waals surface area contributed by atoms with Gasteiger partial charge in [0.05, 0.1) is 18.0 Å². The van der Waals surface area contributed by atoms with Gasteiger partial charge in [0.15, 0.2) is 0 Å². The molecule has 0 spiro atoms. The fourth-order valence-electron chi connectivity index (χ4n) is 3.38. The van der Waals surface area contributed by atoms with Gasteiger partial charge in [0, 0.05) is 37.8 Å². The van der Waals surface area contributed by atoms with Crippen LogP contribution < -0.4 is 16.6 Å². The summed E-state index contributed by atoms with van der Waals surface area (Å²) in [7, 11) is 3.08. The van der Waals surface area contributed by atoms with Crippen molar-refractivity contribution in [3.8, 4) is 0 Å². The number of nitrogens with zero attached hydrogens (tertiary/aromatic N) is 3. The van der Waals surface area contributed by atoms with Crippen LogP contribution in [0.5, 0.6) is 0 Å². The Morgan fingerprint density at radius 1 is 1.41 bits per heavy atom. The second-order valence-electron chi connectivity index (χ2n) is 6.76. The molecule has 2 atom stereocenters. The van der Waals surface area contributed by atoms with Crippen LogP contribution in [-0.2, 0) is 25.4 Å². The molecule has 1 amide bonds. The van der Waals surface area contributed by atoms with Gasteiger partial charge in [-0.3, -0.25) is 14.2 Å². The summed E-state index contributed by atoms with van der Waals surface area (Å²) in [6, 6.07) is 3.95. The minimum Gasteiger partial charge on any atom is -0.333 e. The monoisotopic (exact) mass is 412 g/mol. The van der Waals surface area contributed by atoms with Crippen molar-refractivity contribution in [3.05, 3.63) is 55.0 Å². The van der Waals surface area contributed by atoms with Crippen molar-refractivity contribution in [3.63, 3.8) is 0 Å². The summed E-state index contributed by atoms with van der Waals surface area (Å²) in [5.41, 5.74) is -0.264. The lowest BCUT2D eigenvalue weighted by atomic mass is 10.1. The van der Waals surface area contributed by atoms with E-state index in [-0.39, 0.29) is 48.1 Å². The molecule has 1 aliphatic rings. The van der Waals surface area contributed by atoms with Crippen LogP contribution in [0.4, 0.5) is 0 Å². The Hall–Kier alpha value is -1.90. The third-order valence-corrected chi connectivity index (χ3v) is 6.01. The van der Waals surface area contributed by atoms with Crippen molar-refractivity contribution < 1.29 is 4.79 Å². The standard InChI is InChI=1S/C18H24N4O3S.ClH/c1-12(15-5-4-8-26-15)16(23)22(14-6-7-19-9-14)11-13-10-20(2)18(25)21(3)17(13)24;/h4-5,8,10,12,14,19H,6-7,9,11H2,1-3H3;1H. The Balaban J connectivity index is 0.00000261. The topological polar surface area (TPSA) is 76.3 Å². The minimum absolute atomic E-state index is 0. The highest BCUT2D eigenvalue weighted by Gasteiger charge is 2.31. The number of nitrogens with one attached hydrogen (secondary N) is 1. The normalized spacial score (nSPS) is 17.4. The molecule has 0 aromatic carbocycles. The first-order valence-corrected chi connectivity index (χ1v) is 9.58. The first-order chi connectivity index (χ1) is 12.4. The summed E-state index contributed by atoms with van der Waals surface area (Å²) in [5.74, 6) is -0.246. The van der Waals surface area contributed by atoms with Crippen molar-refractivity contribution in [1.29, 1.82) is 0 Å². The minimum atomic E-state index is -0.369. The molecule has 0 saturated carbocycles. The maximum Gasteiger partial charge on any atom is 0.330 e. The maximum absolute atomic E-state index is 13.2. The summed E-state index contributed by atoms with van der Waals surface area (Å²) in [5, 5.41) is 5.25. The van der Waals surface area contributed by atoms with E-state index in [1.807, 2.05) is 24.4 Å². The number of rotatable bonds is 5. The zero-order valence-electron chi connectivity index (χ0n) is 15.7. The molecule has 2 unspecified atom stereocenters. The van der Waals surface area contributed by atoms with Crippen molar-refractivity contribution in [2.45, 2.75) is 31.8 Å². The van der Waals surface area contributed by atoms with E-state index in [0.717, 1.165) is 29.0 Å². The zero-order chi connectivity index (χ0) is 18.8. The summed E-state index contributed by atoms with van der Waals surface area (Å²) >= 11 is 1.56. The van der Waals surface area contributed by atoms with Gasteiger partial charge in [-0.15, -0.1) is 23.7 Å². The fraction of sp³-hybridized carbons (Fsp3) is 0.500. The molecule has 0 bridgehead atoms. The third kappa shape index (κ3) is 4.34. The molecule has 3 heterocycles. The van der Waals surface area contributed by atoms with Gasteiger partial charge in [-0.2, -0.15) is 0 Å². The zero-order valence-corrected chi connectivity index (χ0v) is 17.3. The van der Waals surface area contributed by atoms with Crippen LogP contribution in [0.2, 0.25) is 0 Å². The first kappa shape index (κ1) is 21.4. The fourth-order valence-corrected chi connectivity index (χ4v) is 4.15. The lowest BCUT2D eigenvalue weighted by molar-refractivity contribution is -0.135. The molecule has 0 aliphatic carbocycles. The predicted octanol–water partition coefficient (Wildman–Crippen LogP) is 1.06. The quantitative estimate of drug-likeness (QED) is 0.796. The average molecular weight is 413 g/mol. The number of amides is 1. The molecule has 2 aromatic heterocycles. The van der Waals surface area contributed by atoms with E-state index in [4.69, 9.17) is 0 Å². The lowest BCUT2D eigenvalue weighted by Gasteiger charge is -2.31. The molecule has 7 nitrogen and oxygen atoms in total. The molecular weight excluding hydrogens is 388 g/mol. The SMILES string of the molecule is CC(C(=O)N(Cc1cn(C)c(=O)n(C)c1=O)C1CCNC1)c1cccs1.Cl. The Bertz CT molecular complexity index is 900. The Morgan fingerprint density at radius 3 is 2.74 bits per heavy atom. The van der Waals surface area contributed by atoms with Crippen LogP contribution in [0.25, 0.3) is 0 Å². The molecule has 0 radical (unpaired) electrons. The van der Waals surface area contributed by atoms with Crippen molar-refractivity contribution >= 4 is 29.7 Å². The van der Waals surface area contributed by atoms with Crippen LogP contribution >= 0.6 is 23.7 Å². The van der Waals surface area contributed by atoms with E-state index in [0.29, 0.717) is 5.56 Å². The van der Waals surface area contributed by atoms with Crippen molar-refractivity contribution in [2.75, 3.05) is 13.1 Å². The molecule has 148 valence electrons. The molecular formula is C18H25ClN4O3S. The number of aryl methyl sites for hydroxylation is 1. The lowest BCUT2D eigenvalue weighted by Crippen LogP contribution is -2.46. The van der Waals surface area contributed by atoms with Gasteiger partial charge in [-0.25, -0.2) is 4.79 Å². The van der Waals surface area contributed by atoms with Crippen molar-refractivity contribution in [1.82, 2.24) is 19.4 Å². The van der Waals surface area contributed by atoms with E-state index in [9.17, 15) is 14.4 Å². The molecule has 3 rings (SSSR count). The number of carbonyl (C=O) groups is 1. The largest absolute Gasteiger partial charge is 0.333 e. The molecule has 1 saturated heterocycles. The highest BCUT2D eigenvalue weighted by Crippen LogP contribution is 2.25. The molecule has 1 aliphatic heterocycles. The Kier molecular flexibility index (Phi) is 7.02. The number of carbonyl (C=O) groups excluding carboxylic acids is 1. The van der Waals surface area contributed by atoms with E-state index in [1.54, 1.807) is 29.5 Å².